The number of rotatable bonds is 15. The minimum absolute atomic E-state index is 0.0524. The maximum absolute atomic E-state index is 13.1. The third-order valence-electron chi connectivity index (χ3n) is 15.3. The summed E-state index contributed by atoms with van der Waals surface area (Å²) in [5, 5.41) is 17.1. The number of carbonyl (C=O) groups excluding carboxylic acids is 3. The van der Waals surface area contributed by atoms with E-state index in [1.165, 1.54) is 44.9 Å². The number of aliphatic carboxylic acids is 1. The molecule has 0 radical (unpaired) electrons. The number of carbonyl (C=O) groups is 4. The van der Waals surface area contributed by atoms with E-state index in [-0.39, 0.29) is 65.1 Å². The zero-order valence-electron chi connectivity index (χ0n) is 51.4. The Labute approximate surface area is 502 Å². The standard InChI is InChI=1S/C33H45N3O4S2.C31H41N3O4S2/c1-10-40-29(38)17-26-20(2)34-27(42-26)18-28(37)36-13-11-21(12-14-36)31-35-25(19-41-31)22-15-23(32(3,4)5)30(39-9)24(16-22)33(6,7)8;1-18-23(15-27(36)37)32-25(40-18)16-26(35)34-11-9-19(10-12-34)29-33-24(17-39-29)20-13-21(30(2,3)4)28(38-8)22(14-20)31(5,6)7/h15-16,19,21H,10-14,17-18H2,1-9H3;13-14,17,19H,9-12,15-16H2,1-8H3,(H,36,37). The molecule has 0 bridgehead atoms. The predicted molar refractivity (Wildman–Crippen MR) is 333 cm³/mol. The highest BCUT2D eigenvalue weighted by Crippen LogP contribution is 2.46. The molecule has 82 heavy (non-hydrogen) atoms. The number of carboxylic acid groups (broad SMARTS) is 1. The highest BCUT2D eigenvalue weighted by molar-refractivity contribution is 7.12. The van der Waals surface area contributed by atoms with Gasteiger partial charge in [-0.05, 0) is 92.4 Å². The van der Waals surface area contributed by atoms with Crippen molar-refractivity contribution in [3.63, 3.8) is 0 Å². The lowest BCUT2D eigenvalue weighted by atomic mass is 9.78. The maximum Gasteiger partial charge on any atom is 0.311 e. The molecule has 2 aliphatic heterocycles. The summed E-state index contributed by atoms with van der Waals surface area (Å²) in [7, 11) is 3.52. The molecule has 444 valence electrons. The molecule has 8 rings (SSSR count). The molecule has 18 heteroatoms. The van der Waals surface area contributed by atoms with Crippen molar-refractivity contribution in [1.82, 2.24) is 29.7 Å². The molecule has 0 spiro atoms. The van der Waals surface area contributed by atoms with Gasteiger partial charge in [-0.3, -0.25) is 19.2 Å². The zero-order valence-corrected chi connectivity index (χ0v) is 54.7. The second-order valence-electron chi connectivity index (χ2n) is 25.8. The van der Waals surface area contributed by atoms with Gasteiger partial charge in [0.1, 0.15) is 21.5 Å². The van der Waals surface area contributed by atoms with Crippen LogP contribution in [0.15, 0.2) is 35.0 Å². The summed E-state index contributed by atoms with van der Waals surface area (Å²) in [6.45, 7) is 35.3. The third-order valence-corrected chi connectivity index (χ3v) is 19.4. The summed E-state index contributed by atoms with van der Waals surface area (Å²) >= 11 is 6.28. The highest BCUT2D eigenvalue weighted by Gasteiger charge is 2.33. The topological polar surface area (TPSA) is 174 Å². The molecule has 0 unspecified atom stereocenters. The Kier molecular flexibility index (Phi) is 20.4. The maximum atomic E-state index is 13.1. The second kappa shape index (κ2) is 26.1. The van der Waals surface area contributed by atoms with Gasteiger partial charge in [0.05, 0.1) is 79.3 Å². The highest BCUT2D eigenvalue weighted by atomic mass is 32.1. The monoisotopic (exact) mass is 1190 g/mol. The summed E-state index contributed by atoms with van der Waals surface area (Å²) in [6.07, 6.45) is 4.14. The lowest BCUT2D eigenvalue weighted by Crippen LogP contribution is -2.38. The fourth-order valence-corrected chi connectivity index (χ4v) is 14.6. The van der Waals surface area contributed by atoms with E-state index in [1.807, 2.05) is 23.6 Å². The molecule has 4 aromatic heterocycles. The second-order valence-corrected chi connectivity index (χ2v) is 30.0. The minimum Gasteiger partial charge on any atom is -0.496 e. The number of benzene rings is 2. The molecule has 1 N–H and O–H groups in total. The number of aryl methyl sites for hydroxylation is 2. The van der Waals surface area contributed by atoms with Crippen molar-refractivity contribution >= 4 is 69.1 Å². The summed E-state index contributed by atoms with van der Waals surface area (Å²) < 4.78 is 16.9. The van der Waals surface area contributed by atoms with Gasteiger partial charge in [0.15, 0.2) is 0 Å². The molecule has 2 fully saturated rings. The number of esters is 1. The van der Waals surface area contributed by atoms with Gasteiger partial charge in [0.2, 0.25) is 11.8 Å². The minimum atomic E-state index is -0.907. The van der Waals surface area contributed by atoms with Gasteiger partial charge in [-0.15, -0.1) is 45.3 Å². The van der Waals surface area contributed by atoms with Gasteiger partial charge in [-0.2, -0.15) is 0 Å². The fraction of sp³-hybridized carbons (Fsp3) is 0.562. The van der Waals surface area contributed by atoms with E-state index in [9.17, 15) is 19.2 Å². The molecular formula is C64H86N6O8S4. The van der Waals surface area contributed by atoms with E-state index in [0.29, 0.717) is 55.3 Å². The quantitative estimate of drug-likeness (QED) is 0.0965. The van der Waals surface area contributed by atoms with Crippen molar-refractivity contribution in [2.24, 2.45) is 0 Å². The number of piperidine rings is 2. The van der Waals surface area contributed by atoms with Crippen LogP contribution < -0.4 is 9.47 Å². The Morgan fingerprint density at radius 3 is 1.32 bits per heavy atom. The lowest BCUT2D eigenvalue weighted by Gasteiger charge is -2.31. The van der Waals surface area contributed by atoms with Gasteiger partial charge >= 0.3 is 11.9 Å². The number of methoxy groups -OCH3 is 2. The number of ether oxygens (including phenoxy) is 3. The van der Waals surface area contributed by atoms with E-state index in [1.54, 1.807) is 43.8 Å². The number of likely N-dealkylation sites (tertiary alicyclic amines) is 2. The normalized spacial score (nSPS) is 14.8. The number of aromatic nitrogens is 4. The largest absolute Gasteiger partial charge is 0.496 e. The molecule has 2 aromatic carbocycles. The van der Waals surface area contributed by atoms with Gasteiger partial charge < -0.3 is 29.1 Å². The average molecular weight is 1200 g/mol. The first-order chi connectivity index (χ1) is 38.4. The third kappa shape index (κ3) is 15.8. The Hall–Kier alpha value is -5.56. The van der Waals surface area contributed by atoms with Crippen LogP contribution in [0.25, 0.3) is 22.5 Å². The Balaban J connectivity index is 0.000000236. The summed E-state index contributed by atoms with van der Waals surface area (Å²) in [4.78, 5) is 73.8. The molecule has 14 nitrogen and oxygen atoms in total. The van der Waals surface area contributed by atoms with Gasteiger partial charge in [0.25, 0.3) is 0 Å². The van der Waals surface area contributed by atoms with E-state index in [2.05, 4.69) is 128 Å². The molecule has 6 aromatic rings. The molecule has 2 aliphatic rings. The molecular weight excluding hydrogens is 1110 g/mol. The van der Waals surface area contributed by atoms with Gasteiger partial charge in [0, 0.05) is 91.9 Å². The van der Waals surface area contributed by atoms with Crippen molar-refractivity contribution in [3.05, 3.63) is 98.5 Å². The van der Waals surface area contributed by atoms with Crippen molar-refractivity contribution in [1.29, 1.82) is 0 Å². The first-order valence-corrected chi connectivity index (χ1v) is 32.0. The van der Waals surface area contributed by atoms with E-state index in [4.69, 9.17) is 29.3 Å². The predicted octanol–water partition coefficient (Wildman–Crippen LogP) is 14.0. The molecule has 2 saturated heterocycles. The molecule has 0 saturated carbocycles. The van der Waals surface area contributed by atoms with Crippen molar-refractivity contribution in [2.75, 3.05) is 47.0 Å². The average Bonchev–Trinajstić information content (AvgIpc) is 4.22. The van der Waals surface area contributed by atoms with Gasteiger partial charge in [-0.25, -0.2) is 19.9 Å². The zero-order chi connectivity index (χ0) is 60.2. The van der Waals surface area contributed by atoms with Crippen LogP contribution in [-0.2, 0) is 71.3 Å². The van der Waals surface area contributed by atoms with Crippen LogP contribution >= 0.6 is 45.3 Å². The van der Waals surface area contributed by atoms with Crippen LogP contribution in [0.1, 0.15) is 191 Å². The fourth-order valence-electron chi connectivity index (χ4n) is 10.6. The number of hydrogen-bond acceptors (Lipinski definition) is 15. The first kappa shape index (κ1) is 64.0. The number of carboxylic acids is 1. The van der Waals surface area contributed by atoms with Crippen molar-refractivity contribution in [2.45, 2.75) is 189 Å². The SMILES string of the molecule is CCOC(=O)Cc1sc(CC(=O)N2CCC(c3nc(-c4cc(C(C)(C)C)c(OC)c(C(C)(C)C)c4)cs3)CC2)nc1C.COc1c(C(C)(C)C)cc(-c2csc(C3CCN(C(=O)Cc4nc(CC(=O)O)c(C)s4)CC3)n2)cc1C(C)(C)C. The lowest BCUT2D eigenvalue weighted by molar-refractivity contribution is -0.142. The Bertz CT molecular complexity index is 3160. The molecule has 2 amide bonds. The Morgan fingerprint density at radius 1 is 0.573 bits per heavy atom. The van der Waals surface area contributed by atoms with E-state index in [0.717, 1.165) is 90.2 Å². The number of nitrogens with zero attached hydrogens (tertiary/aromatic N) is 6. The van der Waals surface area contributed by atoms with Crippen molar-refractivity contribution in [3.8, 4) is 34.0 Å². The van der Waals surface area contributed by atoms with Crippen LogP contribution in [0.5, 0.6) is 11.5 Å². The first-order valence-electron chi connectivity index (χ1n) is 28.6. The smallest absolute Gasteiger partial charge is 0.311 e. The molecule has 0 atom stereocenters. The summed E-state index contributed by atoms with van der Waals surface area (Å²) in [5.74, 6) is 1.57. The van der Waals surface area contributed by atoms with Crippen LogP contribution in [0.3, 0.4) is 0 Å². The summed E-state index contributed by atoms with van der Waals surface area (Å²) in [5.41, 5.74) is 10.1. The van der Waals surface area contributed by atoms with E-state index >= 15 is 0 Å². The van der Waals surface area contributed by atoms with Gasteiger partial charge in [-0.1, -0.05) is 83.1 Å². The van der Waals surface area contributed by atoms with Crippen LogP contribution in [0, 0.1) is 13.8 Å². The molecule has 0 aliphatic carbocycles. The number of thiazole rings is 4. The van der Waals surface area contributed by atoms with Crippen LogP contribution in [0.2, 0.25) is 0 Å². The summed E-state index contributed by atoms with van der Waals surface area (Å²) in [6, 6.07) is 8.95. The number of amides is 2. The van der Waals surface area contributed by atoms with Crippen molar-refractivity contribution < 1.29 is 38.5 Å². The molecule has 6 heterocycles. The number of hydrogen-bond donors (Lipinski definition) is 1. The van der Waals surface area contributed by atoms with E-state index < -0.39 is 5.97 Å². The Morgan fingerprint density at radius 2 is 0.963 bits per heavy atom. The van der Waals surface area contributed by atoms with Crippen LogP contribution in [-0.4, -0.2) is 106 Å². The van der Waals surface area contributed by atoms with Crippen LogP contribution in [0.4, 0.5) is 0 Å².